The first-order chi connectivity index (χ1) is 7.59. The zero-order valence-corrected chi connectivity index (χ0v) is 10.7. The monoisotopic (exact) mass is 218 g/mol. The van der Waals surface area contributed by atoms with Gasteiger partial charge in [0.25, 0.3) is 0 Å². The molecule has 0 aliphatic carbocycles. The van der Waals surface area contributed by atoms with Crippen LogP contribution in [0.4, 0.5) is 0 Å². The lowest BCUT2D eigenvalue weighted by molar-refractivity contribution is 0.136. The molecule has 0 bridgehead atoms. The van der Waals surface area contributed by atoms with Gasteiger partial charge in [0.2, 0.25) is 0 Å². The molecular formula is C14H22N2. The highest BCUT2D eigenvalue weighted by Gasteiger charge is 2.26. The predicted molar refractivity (Wildman–Crippen MR) is 68.8 cm³/mol. The van der Waals surface area contributed by atoms with Crippen molar-refractivity contribution in [3.05, 3.63) is 34.9 Å². The van der Waals surface area contributed by atoms with E-state index in [9.17, 15) is 0 Å². The zero-order valence-electron chi connectivity index (χ0n) is 10.7. The fraction of sp³-hybridized carbons (Fsp3) is 0.571. The fourth-order valence-corrected chi connectivity index (χ4v) is 2.39. The fourth-order valence-electron chi connectivity index (χ4n) is 2.39. The molecule has 0 spiro atoms. The number of hydrogen-bond donors (Lipinski definition) is 1. The number of hydrogen-bond acceptors (Lipinski definition) is 2. The summed E-state index contributed by atoms with van der Waals surface area (Å²) >= 11 is 0. The molecule has 0 aromatic heterocycles. The Labute approximate surface area is 98.7 Å². The summed E-state index contributed by atoms with van der Waals surface area (Å²) in [7, 11) is 2.23. The van der Waals surface area contributed by atoms with E-state index in [0.29, 0.717) is 12.1 Å². The molecule has 2 nitrogen and oxygen atoms in total. The van der Waals surface area contributed by atoms with Crippen molar-refractivity contribution in [1.29, 1.82) is 0 Å². The van der Waals surface area contributed by atoms with Crippen LogP contribution in [0.3, 0.4) is 0 Å². The van der Waals surface area contributed by atoms with Crippen LogP contribution < -0.4 is 5.32 Å². The maximum atomic E-state index is 3.33. The average molecular weight is 218 g/mol. The van der Waals surface area contributed by atoms with Crippen LogP contribution in [-0.2, 0) is 0 Å². The van der Waals surface area contributed by atoms with Crippen LogP contribution in [0.25, 0.3) is 0 Å². The molecule has 1 aromatic rings. The predicted octanol–water partition coefficient (Wildman–Crippen LogP) is 2.27. The van der Waals surface area contributed by atoms with Gasteiger partial charge in [0, 0.05) is 25.2 Å². The Morgan fingerprint density at radius 2 is 2.00 bits per heavy atom. The second-order valence-electron chi connectivity index (χ2n) is 5.01. The van der Waals surface area contributed by atoms with Crippen molar-refractivity contribution < 1.29 is 0 Å². The Bertz CT molecular complexity index is 369. The first-order valence-electron chi connectivity index (χ1n) is 6.09. The summed E-state index contributed by atoms with van der Waals surface area (Å²) in [6.45, 7) is 8.93. The Balaban J connectivity index is 2.15. The molecule has 1 aliphatic heterocycles. The summed E-state index contributed by atoms with van der Waals surface area (Å²) < 4.78 is 0. The van der Waals surface area contributed by atoms with Crippen LogP contribution in [0.1, 0.15) is 29.7 Å². The summed E-state index contributed by atoms with van der Waals surface area (Å²) in [6, 6.07) is 7.98. The molecule has 1 atom stereocenters. The molecule has 1 aliphatic rings. The third-order valence-corrected chi connectivity index (χ3v) is 3.82. The van der Waals surface area contributed by atoms with Crippen LogP contribution in [-0.4, -0.2) is 31.1 Å². The van der Waals surface area contributed by atoms with E-state index in [-0.39, 0.29) is 0 Å². The molecule has 16 heavy (non-hydrogen) atoms. The molecule has 2 heteroatoms. The Kier molecular flexibility index (Phi) is 3.31. The van der Waals surface area contributed by atoms with Crippen molar-refractivity contribution >= 4 is 0 Å². The van der Waals surface area contributed by atoms with Gasteiger partial charge in [-0.3, -0.25) is 4.90 Å². The molecule has 88 valence electrons. The summed E-state index contributed by atoms with van der Waals surface area (Å²) in [5, 5.41) is 3.33. The van der Waals surface area contributed by atoms with E-state index >= 15 is 0 Å². The summed E-state index contributed by atoms with van der Waals surface area (Å²) in [5.41, 5.74) is 4.22. The van der Waals surface area contributed by atoms with Gasteiger partial charge in [-0.1, -0.05) is 23.8 Å². The third-order valence-electron chi connectivity index (χ3n) is 3.82. The minimum atomic E-state index is 0.507. The van der Waals surface area contributed by atoms with Gasteiger partial charge < -0.3 is 5.32 Å². The van der Waals surface area contributed by atoms with Gasteiger partial charge in [-0.15, -0.1) is 0 Å². The molecular weight excluding hydrogens is 196 g/mol. The van der Waals surface area contributed by atoms with Gasteiger partial charge in [0.1, 0.15) is 0 Å². The number of aryl methyl sites for hydroxylation is 2. The quantitative estimate of drug-likeness (QED) is 0.837. The van der Waals surface area contributed by atoms with Gasteiger partial charge in [-0.25, -0.2) is 0 Å². The average Bonchev–Trinajstić information content (AvgIpc) is 2.14. The van der Waals surface area contributed by atoms with Gasteiger partial charge in [0.05, 0.1) is 0 Å². The van der Waals surface area contributed by atoms with Crippen molar-refractivity contribution in [2.24, 2.45) is 0 Å². The molecule has 0 saturated carbocycles. The smallest absolute Gasteiger partial charge is 0.0348 e. The molecule has 0 radical (unpaired) electrons. The number of rotatable bonds is 3. The first kappa shape index (κ1) is 11.6. The van der Waals surface area contributed by atoms with E-state index in [4.69, 9.17) is 0 Å². The van der Waals surface area contributed by atoms with Crippen LogP contribution in [0.5, 0.6) is 0 Å². The van der Waals surface area contributed by atoms with Gasteiger partial charge >= 0.3 is 0 Å². The molecule has 1 saturated heterocycles. The van der Waals surface area contributed by atoms with Crippen molar-refractivity contribution in [2.75, 3.05) is 20.1 Å². The minimum absolute atomic E-state index is 0.507. The molecule has 1 aromatic carbocycles. The topological polar surface area (TPSA) is 15.3 Å². The van der Waals surface area contributed by atoms with E-state index in [0.717, 1.165) is 13.1 Å². The highest BCUT2D eigenvalue weighted by molar-refractivity contribution is 5.32. The van der Waals surface area contributed by atoms with Crippen LogP contribution >= 0.6 is 0 Å². The molecule has 1 unspecified atom stereocenters. The number of nitrogens with one attached hydrogen (secondary N) is 1. The van der Waals surface area contributed by atoms with Gasteiger partial charge in [0.15, 0.2) is 0 Å². The second kappa shape index (κ2) is 4.56. The lowest BCUT2D eigenvalue weighted by atomic mass is 9.97. The lowest BCUT2D eigenvalue weighted by Gasteiger charge is -2.39. The van der Waals surface area contributed by atoms with Crippen molar-refractivity contribution in [3.63, 3.8) is 0 Å². The highest BCUT2D eigenvalue weighted by Crippen LogP contribution is 2.25. The summed E-state index contributed by atoms with van der Waals surface area (Å²) in [6.07, 6.45) is 0. The molecule has 1 fully saturated rings. The second-order valence-corrected chi connectivity index (χ2v) is 5.01. The van der Waals surface area contributed by atoms with Crippen LogP contribution in [0, 0.1) is 13.8 Å². The van der Waals surface area contributed by atoms with Crippen molar-refractivity contribution in [1.82, 2.24) is 10.2 Å². The Morgan fingerprint density at radius 3 is 2.50 bits per heavy atom. The van der Waals surface area contributed by atoms with Crippen molar-refractivity contribution in [2.45, 2.75) is 32.9 Å². The Hall–Kier alpha value is -0.860. The minimum Gasteiger partial charge on any atom is -0.314 e. The zero-order chi connectivity index (χ0) is 11.7. The number of nitrogens with zero attached hydrogens (tertiary/aromatic N) is 1. The maximum Gasteiger partial charge on any atom is 0.0348 e. The largest absolute Gasteiger partial charge is 0.314 e. The highest BCUT2D eigenvalue weighted by atomic mass is 15.2. The third kappa shape index (κ3) is 2.13. The molecule has 1 heterocycles. The summed E-state index contributed by atoms with van der Waals surface area (Å²) in [4.78, 5) is 2.48. The first-order valence-corrected chi connectivity index (χ1v) is 6.09. The lowest BCUT2D eigenvalue weighted by Crippen LogP contribution is -2.56. The van der Waals surface area contributed by atoms with Gasteiger partial charge in [-0.2, -0.15) is 0 Å². The van der Waals surface area contributed by atoms with Gasteiger partial charge in [-0.05, 0) is 38.9 Å². The maximum absolute atomic E-state index is 3.33. The molecule has 0 amide bonds. The van der Waals surface area contributed by atoms with E-state index < -0.39 is 0 Å². The number of benzene rings is 1. The SMILES string of the molecule is Cc1ccc(C(C)N(C)C2CNC2)c(C)c1. The van der Waals surface area contributed by atoms with Crippen LogP contribution in [0.2, 0.25) is 0 Å². The normalized spacial score (nSPS) is 18.6. The molecule has 2 rings (SSSR count). The van der Waals surface area contributed by atoms with E-state index in [1.54, 1.807) is 0 Å². The van der Waals surface area contributed by atoms with E-state index in [2.05, 4.69) is 56.2 Å². The summed E-state index contributed by atoms with van der Waals surface area (Å²) in [5.74, 6) is 0. The van der Waals surface area contributed by atoms with E-state index in [1.807, 2.05) is 0 Å². The van der Waals surface area contributed by atoms with Crippen molar-refractivity contribution in [3.8, 4) is 0 Å². The van der Waals surface area contributed by atoms with Crippen LogP contribution in [0.15, 0.2) is 18.2 Å². The standard InChI is InChI=1S/C14H22N2/c1-10-5-6-14(11(2)7-10)12(3)16(4)13-8-15-9-13/h5-7,12-13,15H,8-9H2,1-4H3. The number of likely N-dealkylation sites (N-methyl/N-ethyl adjacent to an activating group) is 1. The van der Waals surface area contributed by atoms with E-state index in [1.165, 1.54) is 16.7 Å². The Morgan fingerprint density at radius 1 is 1.31 bits per heavy atom. The molecule has 1 N–H and O–H groups in total.